The molecule has 3 aromatic rings. The number of anilines is 1. The Labute approximate surface area is 164 Å². The fourth-order valence-corrected chi connectivity index (χ4v) is 3.78. The molecule has 3 rings (SSSR count). The van der Waals surface area contributed by atoms with Crippen LogP contribution in [0, 0.1) is 15.4 Å². The summed E-state index contributed by atoms with van der Waals surface area (Å²) in [5, 5.41) is 2.58. The van der Waals surface area contributed by atoms with Crippen LogP contribution < -0.4 is 4.90 Å². The maximum Gasteiger partial charge on any atom is 0.0795 e. The van der Waals surface area contributed by atoms with Crippen LogP contribution in [0.25, 0.3) is 10.8 Å². The summed E-state index contributed by atoms with van der Waals surface area (Å²) in [4.78, 5) is 2.23. The summed E-state index contributed by atoms with van der Waals surface area (Å²) < 4.78 is 1.28. The summed E-state index contributed by atoms with van der Waals surface area (Å²) in [6.07, 6.45) is 2.32. The van der Waals surface area contributed by atoms with Gasteiger partial charge in [-0.25, -0.2) is 0 Å². The van der Waals surface area contributed by atoms with Crippen molar-refractivity contribution in [3.05, 3.63) is 75.4 Å². The fraction of sp³-hybridized carbons (Fsp3) is 0.217. The average Bonchev–Trinajstić information content (AvgIpc) is 2.63. The van der Waals surface area contributed by atoms with Gasteiger partial charge in [-0.05, 0) is 64.2 Å². The SMILES string of the molecule is CCCc1ccc(C#CCN(C)c2cccc3cccc(I)c23)cc1. The van der Waals surface area contributed by atoms with Gasteiger partial charge in [-0.15, -0.1) is 0 Å². The molecule has 0 atom stereocenters. The number of aryl methyl sites for hydroxylation is 1. The van der Waals surface area contributed by atoms with Crippen molar-refractivity contribution in [2.24, 2.45) is 0 Å². The van der Waals surface area contributed by atoms with Crippen LogP contribution in [0.2, 0.25) is 0 Å². The predicted molar refractivity (Wildman–Crippen MR) is 117 cm³/mol. The lowest BCUT2D eigenvalue weighted by Gasteiger charge is -2.19. The molecule has 3 aromatic carbocycles. The maximum atomic E-state index is 3.31. The highest BCUT2D eigenvalue weighted by atomic mass is 127. The van der Waals surface area contributed by atoms with Crippen LogP contribution in [0.5, 0.6) is 0 Å². The molecule has 0 aliphatic heterocycles. The highest BCUT2D eigenvalue weighted by molar-refractivity contribution is 14.1. The number of rotatable bonds is 4. The molecule has 2 heteroatoms. The van der Waals surface area contributed by atoms with Crippen molar-refractivity contribution in [1.82, 2.24) is 0 Å². The third kappa shape index (κ3) is 4.35. The van der Waals surface area contributed by atoms with Gasteiger partial charge in [-0.3, -0.25) is 0 Å². The van der Waals surface area contributed by atoms with Crippen LogP contribution in [0.1, 0.15) is 24.5 Å². The zero-order valence-corrected chi connectivity index (χ0v) is 16.9. The molecular formula is C23H22IN. The second-order valence-corrected chi connectivity index (χ2v) is 7.38. The van der Waals surface area contributed by atoms with Crippen LogP contribution in [0.15, 0.2) is 60.7 Å². The monoisotopic (exact) mass is 439 g/mol. The smallest absolute Gasteiger partial charge is 0.0795 e. The van der Waals surface area contributed by atoms with Crippen LogP contribution in [-0.2, 0) is 6.42 Å². The Bertz CT molecular complexity index is 911. The van der Waals surface area contributed by atoms with Gasteiger partial charge in [0.1, 0.15) is 0 Å². The van der Waals surface area contributed by atoms with Crippen LogP contribution in [-0.4, -0.2) is 13.6 Å². The van der Waals surface area contributed by atoms with Gasteiger partial charge in [-0.1, -0.05) is 61.6 Å². The maximum absolute atomic E-state index is 3.31. The Morgan fingerprint density at radius 2 is 1.68 bits per heavy atom. The van der Waals surface area contributed by atoms with Crippen LogP contribution >= 0.6 is 22.6 Å². The number of hydrogen-bond donors (Lipinski definition) is 0. The number of benzene rings is 3. The van der Waals surface area contributed by atoms with Gasteiger partial charge < -0.3 is 4.90 Å². The van der Waals surface area contributed by atoms with E-state index in [-0.39, 0.29) is 0 Å². The van der Waals surface area contributed by atoms with E-state index >= 15 is 0 Å². The third-order valence-electron chi connectivity index (χ3n) is 4.28. The van der Waals surface area contributed by atoms with E-state index in [9.17, 15) is 0 Å². The van der Waals surface area contributed by atoms with Crippen molar-refractivity contribution in [1.29, 1.82) is 0 Å². The molecule has 0 radical (unpaired) electrons. The first kappa shape index (κ1) is 17.8. The molecule has 126 valence electrons. The molecule has 0 saturated heterocycles. The number of nitrogens with zero attached hydrogens (tertiary/aromatic N) is 1. The molecular weight excluding hydrogens is 417 g/mol. The van der Waals surface area contributed by atoms with E-state index in [0.29, 0.717) is 6.54 Å². The first-order valence-electron chi connectivity index (χ1n) is 8.65. The lowest BCUT2D eigenvalue weighted by atomic mass is 10.1. The standard InChI is InChI=1S/C23H22IN/c1-3-7-18-13-15-19(16-14-18)8-6-17-25(2)22-12-5-10-20-9-4-11-21(24)23(20)22/h4-5,9-16H,3,7,17H2,1-2H3. The van der Waals surface area contributed by atoms with Gasteiger partial charge >= 0.3 is 0 Å². The summed E-state index contributed by atoms with van der Waals surface area (Å²) in [6.45, 7) is 2.92. The lowest BCUT2D eigenvalue weighted by Crippen LogP contribution is -2.17. The Morgan fingerprint density at radius 3 is 2.40 bits per heavy atom. The van der Waals surface area contributed by atoms with Crippen LogP contribution in [0.3, 0.4) is 0 Å². The van der Waals surface area contributed by atoms with E-state index in [2.05, 4.69) is 114 Å². The van der Waals surface area contributed by atoms with Crippen molar-refractivity contribution in [2.75, 3.05) is 18.5 Å². The molecule has 0 saturated carbocycles. The molecule has 0 spiro atoms. The molecule has 0 aliphatic rings. The first-order chi connectivity index (χ1) is 12.2. The Kier molecular flexibility index (Phi) is 5.99. The normalized spacial score (nSPS) is 10.4. The molecule has 0 fully saturated rings. The van der Waals surface area contributed by atoms with Crippen molar-refractivity contribution < 1.29 is 0 Å². The minimum absolute atomic E-state index is 0.709. The third-order valence-corrected chi connectivity index (χ3v) is 5.18. The molecule has 25 heavy (non-hydrogen) atoms. The van der Waals surface area contributed by atoms with Gasteiger partial charge in [0.05, 0.1) is 6.54 Å². The molecule has 0 N–H and O–H groups in total. The first-order valence-corrected chi connectivity index (χ1v) is 9.73. The molecule has 1 nitrogen and oxygen atoms in total. The molecule has 0 aliphatic carbocycles. The van der Waals surface area contributed by atoms with E-state index in [1.807, 2.05) is 0 Å². The summed E-state index contributed by atoms with van der Waals surface area (Å²) in [7, 11) is 2.11. The zero-order valence-electron chi connectivity index (χ0n) is 14.7. The molecule has 0 amide bonds. The van der Waals surface area contributed by atoms with Crippen molar-refractivity contribution in [2.45, 2.75) is 19.8 Å². The fourth-order valence-electron chi connectivity index (χ4n) is 2.98. The van der Waals surface area contributed by atoms with E-state index in [1.54, 1.807) is 0 Å². The van der Waals surface area contributed by atoms with Gasteiger partial charge in [0.25, 0.3) is 0 Å². The predicted octanol–water partition coefficient (Wildman–Crippen LogP) is 5.88. The zero-order chi connectivity index (χ0) is 17.6. The van der Waals surface area contributed by atoms with Gasteiger partial charge in [0.2, 0.25) is 0 Å². The van der Waals surface area contributed by atoms with Crippen molar-refractivity contribution in [3.8, 4) is 11.8 Å². The second kappa shape index (κ2) is 8.40. The van der Waals surface area contributed by atoms with Gasteiger partial charge in [0, 0.05) is 27.3 Å². The Morgan fingerprint density at radius 1 is 0.960 bits per heavy atom. The van der Waals surface area contributed by atoms with Gasteiger partial charge in [-0.2, -0.15) is 0 Å². The Hall–Kier alpha value is -1.99. The number of halogens is 1. The van der Waals surface area contributed by atoms with Gasteiger partial charge in [0.15, 0.2) is 0 Å². The summed E-state index contributed by atoms with van der Waals surface area (Å²) in [6, 6.07) is 21.5. The molecule has 0 heterocycles. The number of hydrogen-bond acceptors (Lipinski definition) is 1. The lowest BCUT2D eigenvalue weighted by molar-refractivity contribution is 0.922. The van der Waals surface area contributed by atoms with Crippen molar-refractivity contribution >= 4 is 39.1 Å². The number of fused-ring (bicyclic) bond motifs is 1. The Balaban J connectivity index is 1.77. The second-order valence-electron chi connectivity index (χ2n) is 6.22. The summed E-state index contributed by atoms with van der Waals surface area (Å²) in [5.74, 6) is 6.59. The molecule has 0 bridgehead atoms. The topological polar surface area (TPSA) is 3.24 Å². The highest BCUT2D eigenvalue weighted by Crippen LogP contribution is 2.30. The largest absolute Gasteiger partial charge is 0.363 e. The summed E-state index contributed by atoms with van der Waals surface area (Å²) >= 11 is 2.41. The van der Waals surface area contributed by atoms with E-state index < -0.39 is 0 Å². The molecule has 0 unspecified atom stereocenters. The van der Waals surface area contributed by atoms with Crippen LogP contribution in [0.4, 0.5) is 5.69 Å². The van der Waals surface area contributed by atoms with E-state index in [1.165, 1.54) is 32.0 Å². The minimum atomic E-state index is 0.709. The minimum Gasteiger partial charge on any atom is -0.363 e. The van der Waals surface area contributed by atoms with E-state index in [4.69, 9.17) is 0 Å². The summed E-state index contributed by atoms with van der Waals surface area (Å²) in [5.41, 5.74) is 3.70. The molecule has 0 aromatic heterocycles. The average molecular weight is 439 g/mol. The highest BCUT2D eigenvalue weighted by Gasteiger charge is 2.07. The quantitative estimate of drug-likeness (QED) is 0.362. The van der Waals surface area contributed by atoms with Crippen molar-refractivity contribution in [3.63, 3.8) is 0 Å². The van der Waals surface area contributed by atoms with E-state index in [0.717, 1.165) is 12.0 Å².